The maximum atomic E-state index is 5.42. The SMILES string of the molecule is C1=c2c(n(-c3nc4ccccc4nc3-c3ccccc3)c3ccccc23)=C2C(C1)c1c(ccc3ccccc13)N2c1ccccc1. The van der Waals surface area contributed by atoms with Crippen LogP contribution in [0.5, 0.6) is 0 Å². The number of fused-ring (bicyclic) bond motifs is 9. The van der Waals surface area contributed by atoms with Gasteiger partial charge in [0.1, 0.15) is 5.69 Å². The Hall–Kier alpha value is -6.00. The van der Waals surface area contributed by atoms with Gasteiger partial charge in [0.2, 0.25) is 0 Å². The van der Waals surface area contributed by atoms with E-state index in [1.54, 1.807) is 0 Å². The Morgan fingerprint density at radius 3 is 2.09 bits per heavy atom. The van der Waals surface area contributed by atoms with Gasteiger partial charge < -0.3 is 4.90 Å². The molecule has 1 aliphatic carbocycles. The van der Waals surface area contributed by atoms with Gasteiger partial charge in [-0.3, -0.25) is 4.57 Å². The van der Waals surface area contributed by atoms with Crippen LogP contribution in [0.1, 0.15) is 17.9 Å². The highest BCUT2D eigenvalue weighted by Gasteiger charge is 2.39. The molecule has 0 saturated carbocycles. The molecule has 3 heterocycles. The van der Waals surface area contributed by atoms with E-state index in [4.69, 9.17) is 9.97 Å². The lowest BCUT2D eigenvalue weighted by Gasteiger charge is -2.25. The molecule has 0 radical (unpaired) electrons. The minimum atomic E-state index is 0.186. The van der Waals surface area contributed by atoms with E-state index >= 15 is 0 Å². The second-order valence-electron chi connectivity index (χ2n) is 12.1. The highest BCUT2D eigenvalue weighted by molar-refractivity contribution is 6.03. The molecule has 0 N–H and O–H groups in total. The summed E-state index contributed by atoms with van der Waals surface area (Å²) in [6.07, 6.45) is 3.38. The van der Waals surface area contributed by atoms with Crippen molar-refractivity contribution in [2.24, 2.45) is 0 Å². The highest BCUT2D eigenvalue weighted by atomic mass is 15.2. The molecule has 2 aliphatic rings. The second kappa shape index (κ2) is 9.75. The van der Waals surface area contributed by atoms with Gasteiger partial charge in [-0.15, -0.1) is 0 Å². The number of hydrogen-bond acceptors (Lipinski definition) is 3. The average Bonchev–Trinajstić information content (AvgIpc) is 3.65. The van der Waals surface area contributed by atoms with Crippen LogP contribution in [0.4, 0.5) is 11.4 Å². The number of hydrogen-bond donors (Lipinski definition) is 0. The Morgan fingerprint density at radius 2 is 1.26 bits per heavy atom. The zero-order chi connectivity index (χ0) is 30.2. The molecule has 0 amide bonds. The number of rotatable bonds is 3. The van der Waals surface area contributed by atoms with Crippen molar-refractivity contribution >= 4 is 55.9 Å². The van der Waals surface area contributed by atoms with Gasteiger partial charge in [0.25, 0.3) is 0 Å². The van der Waals surface area contributed by atoms with Gasteiger partial charge in [-0.25, -0.2) is 9.97 Å². The smallest absolute Gasteiger partial charge is 0.165 e. The lowest BCUT2D eigenvalue weighted by molar-refractivity contribution is 0.886. The van der Waals surface area contributed by atoms with Gasteiger partial charge in [0.05, 0.1) is 33.3 Å². The van der Waals surface area contributed by atoms with Crippen LogP contribution in [0.25, 0.3) is 61.6 Å². The molecule has 10 rings (SSSR count). The zero-order valence-corrected chi connectivity index (χ0v) is 25.0. The fraction of sp³-hybridized carbons (Fsp3) is 0.0476. The summed E-state index contributed by atoms with van der Waals surface area (Å²) in [5.41, 5.74) is 9.91. The van der Waals surface area contributed by atoms with E-state index in [9.17, 15) is 0 Å². The van der Waals surface area contributed by atoms with Crippen LogP contribution in [-0.4, -0.2) is 14.5 Å². The van der Waals surface area contributed by atoms with Crippen molar-refractivity contribution in [2.75, 3.05) is 4.90 Å². The van der Waals surface area contributed by atoms with Gasteiger partial charge in [-0.05, 0) is 59.2 Å². The molecule has 1 atom stereocenters. The van der Waals surface area contributed by atoms with Crippen LogP contribution in [0.3, 0.4) is 0 Å². The maximum Gasteiger partial charge on any atom is 0.165 e. The fourth-order valence-corrected chi connectivity index (χ4v) is 7.74. The van der Waals surface area contributed by atoms with E-state index in [1.807, 2.05) is 12.1 Å². The van der Waals surface area contributed by atoms with E-state index in [-0.39, 0.29) is 5.92 Å². The third-order valence-electron chi connectivity index (χ3n) is 9.65. The molecule has 0 bridgehead atoms. The van der Waals surface area contributed by atoms with E-state index < -0.39 is 0 Å². The zero-order valence-electron chi connectivity index (χ0n) is 25.0. The third kappa shape index (κ3) is 3.55. The molecule has 8 aromatic rings. The number of anilines is 2. The first kappa shape index (κ1) is 25.3. The first-order valence-electron chi connectivity index (χ1n) is 15.9. The largest absolute Gasteiger partial charge is 0.311 e. The predicted molar refractivity (Wildman–Crippen MR) is 189 cm³/mol. The summed E-state index contributed by atoms with van der Waals surface area (Å²) >= 11 is 0. The molecule has 4 nitrogen and oxygen atoms in total. The molecule has 2 aromatic heterocycles. The molecular formula is C42H28N4. The molecule has 0 spiro atoms. The minimum Gasteiger partial charge on any atom is -0.311 e. The molecular weight excluding hydrogens is 560 g/mol. The van der Waals surface area contributed by atoms with Crippen LogP contribution >= 0.6 is 0 Å². The van der Waals surface area contributed by atoms with Gasteiger partial charge in [0.15, 0.2) is 5.82 Å². The van der Waals surface area contributed by atoms with Crippen molar-refractivity contribution in [1.29, 1.82) is 0 Å². The van der Waals surface area contributed by atoms with Gasteiger partial charge in [-0.1, -0.05) is 115 Å². The van der Waals surface area contributed by atoms with Crippen LogP contribution in [0.2, 0.25) is 0 Å². The lowest BCUT2D eigenvalue weighted by atomic mass is 9.88. The Labute approximate surface area is 265 Å². The van der Waals surface area contributed by atoms with Crippen LogP contribution in [0.15, 0.2) is 146 Å². The van der Waals surface area contributed by atoms with Crippen LogP contribution < -0.4 is 15.5 Å². The van der Waals surface area contributed by atoms with E-state index in [1.165, 1.54) is 43.7 Å². The number of nitrogens with zero attached hydrogens (tertiary/aromatic N) is 4. The Balaban J connectivity index is 1.41. The summed E-state index contributed by atoms with van der Waals surface area (Å²) in [6, 6.07) is 51.6. The van der Waals surface area contributed by atoms with Crippen LogP contribution in [-0.2, 0) is 0 Å². The monoisotopic (exact) mass is 588 g/mol. The molecule has 216 valence electrons. The average molecular weight is 589 g/mol. The topological polar surface area (TPSA) is 34.0 Å². The van der Waals surface area contributed by atoms with Crippen molar-refractivity contribution in [3.63, 3.8) is 0 Å². The normalized spacial score (nSPS) is 15.2. The van der Waals surface area contributed by atoms with Crippen molar-refractivity contribution < 1.29 is 0 Å². The number of benzene rings is 6. The first-order chi connectivity index (χ1) is 22.8. The van der Waals surface area contributed by atoms with Gasteiger partial charge >= 0.3 is 0 Å². The fourth-order valence-electron chi connectivity index (χ4n) is 7.74. The highest BCUT2D eigenvalue weighted by Crippen LogP contribution is 2.53. The minimum absolute atomic E-state index is 0.186. The van der Waals surface area contributed by atoms with Crippen molar-refractivity contribution in [2.45, 2.75) is 12.3 Å². The summed E-state index contributed by atoms with van der Waals surface area (Å²) < 4.78 is 2.40. The molecule has 1 unspecified atom stereocenters. The van der Waals surface area contributed by atoms with Gasteiger partial charge in [0, 0.05) is 27.8 Å². The molecule has 6 aromatic carbocycles. The van der Waals surface area contributed by atoms with Gasteiger partial charge in [-0.2, -0.15) is 0 Å². The Bertz CT molecular complexity index is 2620. The van der Waals surface area contributed by atoms with Crippen LogP contribution in [0, 0.1) is 0 Å². The summed E-state index contributed by atoms with van der Waals surface area (Å²) in [7, 11) is 0. The first-order valence-corrected chi connectivity index (χ1v) is 15.9. The quantitative estimate of drug-likeness (QED) is 0.207. The predicted octanol–water partition coefficient (Wildman–Crippen LogP) is 8.62. The Morgan fingerprint density at radius 1 is 0.587 bits per heavy atom. The number of para-hydroxylation sites is 4. The summed E-state index contributed by atoms with van der Waals surface area (Å²) in [5.74, 6) is 1.03. The maximum absolute atomic E-state index is 5.42. The standard InChI is InChI=1S/C42H28N4/c1-3-14-28(15-4-1)39-42(44-35-21-11-10-20-34(35)43-39)46-36-22-12-9-19-31(36)32-24-25-33-38-30-18-8-7-13-27(30)23-26-37(38)45(41(33)40(32)46)29-16-5-2-6-17-29/h1-24,26,33H,25H2. The Kier molecular flexibility index (Phi) is 5.37. The van der Waals surface area contributed by atoms with E-state index in [2.05, 4.69) is 149 Å². The molecule has 0 saturated heterocycles. The molecule has 4 heteroatoms. The molecule has 1 aliphatic heterocycles. The second-order valence-corrected chi connectivity index (χ2v) is 12.1. The molecule has 0 fully saturated rings. The van der Waals surface area contributed by atoms with Crippen molar-refractivity contribution in [1.82, 2.24) is 14.5 Å². The van der Waals surface area contributed by atoms with Crippen molar-refractivity contribution in [3.05, 3.63) is 162 Å². The van der Waals surface area contributed by atoms with E-state index in [0.717, 1.165) is 45.7 Å². The number of aromatic nitrogens is 3. The third-order valence-corrected chi connectivity index (χ3v) is 9.65. The molecule has 46 heavy (non-hydrogen) atoms. The summed E-state index contributed by atoms with van der Waals surface area (Å²) in [6.45, 7) is 0. The summed E-state index contributed by atoms with van der Waals surface area (Å²) in [5, 5.41) is 6.26. The van der Waals surface area contributed by atoms with Crippen molar-refractivity contribution in [3.8, 4) is 17.1 Å². The lowest BCUT2D eigenvalue weighted by Crippen LogP contribution is -2.38. The van der Waals surface area contributed by atoms with E-state index in [0.29, 0.717) is 0 Å². The summed E-state index contributed by atoms with van der Waals surface area (Å²) in [4.78, 5) is 13.2.